The molecule has 21 heavy (non-hydrogen) atoms. The van der Waals surface area contributed by atoms with E-state index in [1.54, 1.807) is 7.11 Å². The number of ether oxygens (including phenoxy) is 2. The van der Waals surface area contributed by atoms with Crippen LogP contribution < -0.4 is 10.1 Å². The van der Waals surface area contributed by atoms with Crippen LogP contribution >= 0.6 is 0 Å². The maximum atomic E-state index is 12.0. The lowest BCUT2D eigenvalue weighted by atomic mass is 10.2. The number of nitrogens with one attached hydrogen (secondary N) is 1. The van der Waals surface area contributed by atoms with Crippen LogP contribution in [0, 0.1) is 0 Å². The molecule has 7 heteroatoms. The highest BCUT2D eigenvalue weighted by Crippen LogP contribution is 2.24. The van der Waals surface area contributed by atoms with E-state index < -0.39 is 9.84 Å². The number of sulfone groups is 1. The fourth-order valence-electron chi connectivity index (χ4n) is 1.78. The first-order valence-corrected chi connectivity index (χ1v) is 8.44. The predicted molar refractivity (Wildman–Crippen MR) is 79.5 cm³/mol. The molecule has 0 saturated carbocycles. The fraction of sp³-hybridized carbons (Fsp3) is 0.500. The summed E-state index contributed by atoms with van der Waals surface area (Å²) in [4.78, 5) is 12.0. The van der Waals surface area contributed by atoms with Crippen LogP contribution in [0.15, 0.2) is 23.1 Å². The molecule has 0 radical (unpaired) electrons. The Morgan fingerprint density at radius 2 is 1.95 bits per heavy atom. The molecule has 0 saturated heterocycles. The third-order valence-electron chi connectivity index (χ3n) is 2.89. The molecule has 0 aromatic heterocycles. The average Bonchev–Trinajstić information content (AvgIpc) is 2.45. The number of benzene rings is 1. The summed E-state index contributed by atoms with van der Waals surface area (Å²) in [6.45, 7) is 1.17. The van der Waals surface area contributed by atoms with Gasteiger partial charge in [-0.3, -0.25) is 4.79 Å². The van der Waals surface area contributed by atoms with E-state index in [9.17, 15) is 13.2 Å². The summed E-state index contributed by atoms with van der Waals surface area (Å²) < 4.78 is 33.3. The monoisotopic (exact) mass is 315 g/mol. The van der Waals surface area contributed by atoms with Gasteiger partial charge in [-0.25, -0.2) is 8.42 Å². The summed E-state index contributed by atoms with van der Waals surface area (Å²) in [7, 11) is -0.440. The number of rotatable bonds is 8. The number of amides is 1. The Bertz CT molecular complexity index is 583. The van der Waals surface area contributed by atoms with Crippen LogP contribution in [0.25, 0.3) is 0 Å². The lowest BCUT2D eigenvalue weighted by Gasteiger charge is -2.10. The summed E-state index contributed by atoms with van der Waals surface area (Å²) in [6.07, 6.45) is 2.74. The third-order valence-corrected chi connectivity index (χ3v) is 4.00. The van der Waals surface area contributed by atoms with Gasteiger partial charge in [-0.2, -0.15) is 0 Å². The summed E-state index contributed by atoms with van der Waals surface area (Å²) in [5, 5.41) is 2.74. The number of carbonyl (C=O) groups is 1. The lowest BCUT2D eigenvalue weighted by Crippen LogP contribution is -2.24. The molecular formula is C14H21NO5S. The van der Waals surface area contributed by atoms with Gasteiger partial charge in [-0.1, -0.05) is 0 Å². The van der Waals surface area contributed by atoms with E-state index in [1.807, 2.05) is 0 Å². The maximum Gasteiger partial charge on any atom is 0.251 e. The van der Waals surface area contributed by atoms with Crippen LogP contribution in [0.5, 0.6) is 5.75 Å². The Kier molecular flexibility index (Phi) is 6.64. The van der Waals surface area contributed by atoms with Gasteiger partial charge in [0.1, 0.15) is 10.6 Å². The first-order valence-electron chi connectivity index (χ1n) is 6.55. The number of hydrogen-bond acceptors (Lipinski definition) is 5. The molecule has 0 spiro atoms. The summed E-state index contributed by atoms with van der Waals surface area (Å²) in [6, 6.07) is 4.35. The van der Waals surface area contributed by atoms with E-state index in [2.05, 4.69) is 5.32 Å². The van der Waals surface area contributed by atoms with E-state index >= 15 is 0 Å². The van der Waals surface area contributed by atoms with Gasteiger partial charge in [0.05, 0.1) is 7.11 Å². The van der Waals surface area contributed by atoms with E-state index in [0.29, 0.717) is 18.7 Å². The Hall–Kier alpha value is -1.60. The van der Waals surface area contributed by atoms with Crippen molar-refractivity contribution in [2.45, 2.75) is 17.7 Å². The predicted octanol–water partition coefficient (Wildman–Crippen LogP) is 1.26. The van der Waals surface area contributed by atoms with E-state index in [1.165, 1.54) is 25.3 Å². The van der Waals surface area contributed by atoms with Crippen molar-refractivity contribution in [3.8, 4) is 5.75 Å². The minimum absolute atomic E-state index is 0.0111. The van der Waals surface area contributed by atoms with Gasteiger partial charge >= 0.3 is 0 Å². The van der Waals surface area contributed by atoms with Crippen molar-refractivity contribution in [1.29, 1.82) is 0 Å². The molecule has 0 heterocycles. The number of methoxy groups -OCH3 is 2. The molecule has 6 nitrogen and oxygen atoms in total. The highest BCUT2D eigenvalue weighted by molar-refractivity contribution is 7.90. The molecule has 0 fully saturated rings. The van der Waals surface area contributed by atoms with Crippen LogP contribution in [0.1, 0.15) is 23.2 Å². The van der Waals surface area contributed by atoms with Crippen molar-refractivity contribution in [2.75, 3.05) is 33.6 Å². The quantitative estimate of drug-likeness (QED) is 0.730. The first kappa shape index (κ1) is 17.5. The molecule has 1 amide bonds. The Balaban J connectivity index is 2.77. The van der Waals surface area contributed by atoms with Gasteiger partial charge in [-0.05, 0) is 31.0 Å². The zero-order valence-corrected chi connectivity index (χ0v) is 13.3. The molecule has 0 aliphatic rings. The van der Waals surface area contributed by atoms with Crippen LogP contribution in [-0.4, -0.2) is 48.0 Å². The summed E-state index contributed by atoms with van der Waals surface area (Å²) in [5.74, 6) is -0.0749. The zero-order chi connectivity index (χ0) is 15.9. The minimum Gasteiger partial charge on any atom is -0.495 e. The SMILES string of the molecule is COCCCCNC(=O)c1ccc(OC)c(S(C)(=O)=O)c1. The largest absolute Gasteiger partial charge is 0.495 e. The highest BCUT2D eigenvalue weighted by Gasteiger charge is 2.17. The van der Waals surface area contributed by atoms with Gasteiger partial charge in [-0.15, -0.1) is 0 Å². The van der Waals surface area contributed by atoms with Crippen LogP contribution in [0.3, 0.4) is 0 Å². The molecule has 1 aromatic rings. The molecule has 0 aliphatic carbocycles. The lowest BCUT2D eigenvalue weighted by molar-refractivity contribution is 0.0951. The van der Waals surface area contributed by atoms with Crippen molar-refractivity contribution >= 4 is 15.7 Å². The van der Waals surface area contributed by atoms with Crippen LogP contribution in [0.2, 0.25) is 0 Å². The van der Waals surface area contributed by atoms with Gasteiger partial charge < -0.3 is 14.8 Å². The molecule has 0 unspecified atom stereocenters. The topological polar surface area (TPSA) is 81.7 Å². The Labute approximate surface area is 125 Å². The van der Waals surface area contributed by atoms with Gasteiger partial charge in [0, 0.05) is 32.1 Å². The molecule has 1 aromatic carbocycles. The van der Waals surface area contributed by atoms with Crippen molar-refractivity contribution < 1.29 is 22.7 Å². The normalized spacial score (nSPS) is 11.2. The smallest absolute Gasteiger partial charge is 0.251 e. The van der Waals surface area contributed by atoms with Gasteiger partial charge in [0.2, 0.25) is 0 Å². The number of hydrogen-bond donors (Lipinski definition) is 1. The Morgan fingerprint density at radius 3 is 2.52 bits per heavy atom. The molecule has 0 aliphatic heterocycles. The standard InChI is InChI=1S/C14H21NO5S/c1-19-9-5-4-8-15-14(16)11-6-7-12(20-2)13(10-11)21(3,17)18/h6-7,10H,4-5,8-9H2,1-3H3,(H,15,16). The highest BCUT2D eigenvalue weighted by atomic mass is 32.2. The van der Waals surface area contributed by atoms with Crippen molar-refractivity contribution in [3.05, 3.63) is 23.8 Å². The molecule has 1 rings (SSSR count). The maximum absolute atomic E-state index is 12.0. The second kappa shape index (κ2) is 7.99. The first-order chi connectivity index (χ1) is 9.90. The molecule has 0 atom stereocenters. The summed E-state index contributed by atoms with van der Waals surface area (Å²) in [5.41, 5.74) is 0.294. The van der Waals surface area contributed by atoms with Crippen molar-refractivity contribution in [3.63, 3.8) is 0 Å². The number of unbranched alkanes of at least 4 members (excludes halogenated alkanes) is 1. The van der Waals surface area contributed by atoms with E-state index in [-0.39, 0.29) is 16.6 Å². The number of carbonyl (C=O) groups excluding carboxylic acids is 1. The third kappa shape index (κ3) is 5.35. The van der Waals surface area contributed by atoms with Crippen LogP contribution in [-0.2, 0) is 14.6 Å². The van der Waals surface area contributed by atoms with Crippen molar-refractivity contribution in [1.82, 2.24) is 5.32 Å². The van der Waals surface area contributed by atoms with Crippen LogP contribution in [0.4, 0.5) is 0 Å². The second-order valence-corrected chi connectivity index (χ2v) is 6.58. The minimum atomic E-state index is -3.46. The molecule has 0 bridgehead atoms. The molecule has 1 N–H and O–H groups in total. The van der Waals surface area contributed by atoms with E-state index in [4.69, 9.17) is 9.47 Å². The van der Waals surface area contributed by atoms with E-state index in [0.717, 1.165) is 19.1 Å². The Morgan fingerprint density at radius 1 is 1.24 bits per heavy atom. The van der Waals surface area contributed by atoms with Gasteiger partial charge in [0.25, 0.3) is 5.91 Å². The molecular weight excluding hydrogens is 294 g/mol. The average molecular weight is 315 g/mol. The second-order valence-electron chi connectivity index (χ2n) is 4.59. The van der Waals surface area contributed by atoms with Gasteiger partial charge in [0.15, 0.2) is 9.84 Å². The fourth-order valence-corrected chi connectivity index (χ4v) is 2.64. The summed E-state index contributed by atoms with van der Waals surface area (Å²) >= 11 is 0. The zero-order valence-electron chi connectivity index (χ0n) is 12.5. The molecule has 118 valence electrons. The van der Waals surface area contributed by atoms with Crippen molar-refractivity contribution in [2.24, 2.45) is 0 Å².